The van der Waals surface area contributed by atoms with E-state index in [1.54, 1.807) is 7.05 Å². The fraction of sp³-hybridized carbons (Fsp3) is 0.588. The van der Waals surface area contributed by atoms with E-state index in [4.69, 9.17) is 4.74 Å². The molecule has 0 aliphatic heterocycles. The first-order chi connectivity index (χ1) is 12.0. The van der Waals surface area contributed by atoms with Crippen LogP contribution in [0.25, 0.3) is 0 Å². The smallest absolute Gasteiger partial charge is 0.215 e. The van der Waals surface area contributed by atoms with Gasteiger partial charge in [0.1, 0.15) is 0 Å². The standard InChI is InChI=1S/C17H30N4O3S/c1-4-21(5-2)25(22,23)14-12-20-17(18-3)19-11-13-24-15-16-9-7-6-8-10-16/h6-10H,4-5,11-15H2,1-3H3,(H2,18,19,20). The molecule has 0 bridgehead atoms. The van der Waals surface area contributed by atoms with Crippen LogP contribution >= 0.6 is 0 Å². The highest BCUT2D eigenvalue weighted by atomic mass is 32.2. The molecule has 0 atom stereocenters. The molecule has 0 heterocycles. The first-order valence-electron chi connectivity index (χ1n) is 8.57. The number of benzene rings is 1. The van der Waals surface area contributed by atoms with Crippen molar-refractivity contribution in [1.82, 2.24) is 14.9 Å². The van der Waals surface area contributed by atoms with Crippen LogP contribution in [-0.2, 0) is 21.4 Å². The number of aliphatic imine (C=N–C) groups is 1. The fourth-order valence-electron chi connectivity index (χ4n) is 2.27. The molecule has 8 heteroatoms. The molecule has 2 N–H and O–H groups in total. The van der Waals surface area contributed by atoms with Crippen molar-refractivity contribution in [3.8, 4) is 0 Å². The van der Waals surface area contributed by atoms with Crippen molar-refractivity contribution >= 4 is 16.0 Å². The predicted octanol–water partition coefficient (Wildman–Crippen LogP) is 1.04. The largest absolute Gasteiger partial charge is 0.375 e. The Labute approximate surface area is 151 Å². The van der Waals surface area contributed by atoms with E-state index in [9.17, 15) is 8.42 Å². The SMILES string of the molecule is CCN(CC)S(=O)(=O)CCNC(=NC)NCCOCc1ccccc1. The van der Waals surface area contributed by atoms with Crippen LogP contribution < -0.4 is 10.6 Å². The normalized spacial score (nSPS) is 12.4. The Morgan fingerprint density at radius 3 is 2.36 bits per heavy atom. The summed E-state index contributed by atoms with van der Waals surface area (Å²) in [4.78, 5) is 4.08. The van der Waals surface area contributed by atoms with Gasteiger partial charge in [-0.3, -0.25) is 4.99 Å². The van der Waals surface area contributed by atoms with Gasteiger partial charge in [-0.15, -0.1) is 0 Å². The molecule has 0 aliphatic rings. The maximum atomic E-state index is 12.1. The van der Waals surface area contributed by atoms with Crippen LogP contribution in [0.5, 0.6) is 0 Å². The van der Waals surface area contributed by atoms with Gasteiger partial charge in [0.25, 0.3) is 0 Å². The average Bonchev–Trinajstić information content (AvgIpc) is 2.61. The molecule has 0 radical (unpaired) electrons. The van der Waals surface area contributed by atoms with E-state index in [1.807, 2.05) is 44.2 Å². The maximum Gasteiger partial charge on any atom is 0.215 e. The van der Waals surface area contributed by atoms with E-state index in [0.29, 0.717) is 45.4 Å². The molecular formula is C17H30N4O3S. The minimum atomic E-state index is -3.22. The maximum absolute atomic E-state index is 12.1. The highest BCUT2D eigenvalue weighted by Gasteiger charge is 2.18. The molecule has 0 fully saturated rings. The Morgan fingerprint density at radius 1 is 1.12 bits per heavy atom. The lowest BCUT2D eigenvalue weighted by Crippen LogP contribution is -2.43. The zero-order chi connectivity index (χ0) is 18.5. The Morgan fingerprint density at radius 2 is 1.76 bits per heavy atom. The van der Waals surface area contributed by atoms with E-state index in [0.717, 1.165) is 5.56 Å². The second kappa shape index (κ2) is 11.8. The van der Waals surface area contributed by atoms with Gasteiger partial charge in [-0.05, 0) is 5.56 Å². The first-order valence-corrected chi connectivity index (χ1v) is 10.2. The van der Waals surface area contributed by atoms with Gasteiger partial charge >= 0.3 is 0 Å². The van der Waals surface area contributed by atoms with Crippen LogP contribution in [0.2, 0.25) is 0 Å². The number of sulfonamides is 1. The van der Waals surface area contributed by atoms with Gasteiger partial charge in [0.2, 0.25) is 10.0 Å². The molecule has 0 amide bonds. The molecule has 0 spiro atoms. The van der Waals surface area contributed by atoms with Gasteiger partial charge in [-0.25, -0.2) is 12.7 Å². The second-order valence-electron chi connectivity index (χ2n) is 5.36. The molecule has 0 aromatic heterocycles. The molecule has 0 unspecified atom stereocenters. The van der Waals surface area contributed by atoms with E-state index < -0.39 is 10.0 Å². The van der Waals surface area contributed by atoms with Crippen LogP contribution in [0.15, 0.2) is 35.3 Å². The minimum absolute atomic E-state index is 0.0416. The summed E-state index contributed by atoms with van der Waals surface area (Å²) in [6.07, 6.45) is 0. The van der Waals surface area contributed by atoms with Crippen molar-refractivity contribution in [3.05, 3.63) is 35.9 Å². The number of ether oxygens (including phenoxy) is 1. The quantitative estimate of drug-likeness (QED) is 0.345. The van der Waals surface area contributed by atoms with E-state index in [1.165, 1.54) is 4.31 Å². The van der Waals surface area contributed by atoms with Crippen LogP contribution in [0.4, 0.5) is 0 Å². The fourth-order valence-corrected chi connectivity index (χ4v) is 3.68. The molecular weight excluding hydrogens is 340 g/mol. The summed E-state index contributed by atoms with van der Waals surface area (Å²) in [7, 11) is -1.57. The van der Waals surface area contributed by atoms with E-state index >= 15 is 0 Å². The molecule has 25 heavy (non-hydrogen) atoms. The van der Waals surface area contributed by atoms with Crippen molar-refractivity contribution in [2.45, 2.75) is 20.5 Å². The predicted molar refractivity (Wildman–Crippen MR) is 102 cm³/mol. The zero-order valence-corrected chi connectivity index (χ0v) is 16.2. The number of nitrogens with one attached hydrogen (secondary N) is 2. The summed E-state index contributed by atoms with van der Waals surface area (Å²) < 4.78 is 31.3. The number of guanidine groups is 1. The lowest BCUT2D eigenvalue weighted by Gasteiger charge is -2.19. The molecule has 0 aliphatic carbocycles. The Kier molecular flexibility index (Phi) is 10.1. The summed E-state index contributed by atoms with van der Waals surface area (Å²) in [6.45, 7) is 6.66. The highest BCUT2D eigenvalue weighted by Crippen LogP contribution is 2.00. The molecule has 0 saturated heterocycles. The van der Waals surface area contributed by atoms with Gasteiger partial charge in [-0.2, -0.15) is 0 Å². The summed E-state index contributed by atoms with van der Waals surface area (Å²) >= 11 is 0. The van der Waals surface area contributed by atoms with E-state index in [-0.39, 0.29) is 5.75 Å². The Hall–Kier alpha value is -1.64. The second-order valence-corrected chi connectivity index (χ2v) is 7.45. The number of nitrogens with zero attached hydrogens (tertiary/aromatic N) is 2. The van der Waals surface area contributed by atoms with Gasteiger partial charge in [0.05, 0.1) is 19.0 Å². The highest BCUT2D eigenvalue weighted by molar-refractivity contribution is 7.89. The summed E-state index contributed by atoms with van der Waals surface area (Å²) in [5.74, 6) is 0.609. The third-order valence-corrected chi connectivity index (χ3v) is 5.65. The van der Waals surface area contributed by atoms with Crippen LogP contribution in [-0.4, -0.2) is 64.3 Å². The van der Waals surface area contributed by atoms with Crippen molar-refractivity contribution in [2.24, 2.45) is 4.99 Å². The van der Waals surface area contributed by atoms with E-state index in [2.05, 4.69) is 15.6 Å². The summed E-state index contributed by atoms with van der Waals surface area (Å²) in [6, 6.07) is 9.97. The van der Waals surface area contributed by atoms with Gasteiger partial charge in [-0.1, -0.05) is 44.2 Å². The molecule has 0 saturated carbocycles. The third-order valence-electron chi connectivity index (χ3n) is 3.63. The van der Waals surface area contributed by atoms with Crippen LogP contribution in [0.1, 0.15) is 19.4 Å². The summed E-state index contributed by atoms with van der Waals surface area (Å²) in [5.41, 5.74) is 1.13. The summed E-state index contributed by atoms with van der Waals surface area (Å²) in [5, 5.41) is 6.12. The van der Waals surface area contributed by atoms with Crippen molar-refractivity contribution in [2.75, 3.05) is 45.6 Å². The third kappa shape index (κ3) is 8.33. The number of rotatable bonds is 11. The number of hydrogen-bond donors (Lipinski definition) is 2. The Bertz CT molecular complexity index is 602. The van der Waals surface area contributed by atoms with Gasteiger partial charge < -0.3 is 15.4 Å². The molecule has 7 nitrogen and oxygen atoms in total. The monoisotopic (exact) mass is 370 g/mol. The van der Waals surface area contributed by atoms with Crippen LogP contribution in [0.3, 0.4) is 0 Å². The number of hydrogen-bond acceptors (Lipinski definition) is 4. The Balaban J connectivity index is 2.22. The lowest BCUT2D eigenvalue weighted by atomic mass is 10.2. The first kappa shape index (κ1) is 21.4. The van der Waals surface area contributed by atoms with Gasteiger partial charge in [0, 0.05) is 33.2 Å². The molecule has 1 aromatic rings. The topological polar surface area (TPSA) is 83.0 Å². The van der Waals surface area contributed by atoms with Crippen molar-refractivity contribution < 1.29 is 13.2 Å². The molecule has 1 rings (SSSR count). The lowest BCUT2D eigenvalue weighted by molar-refractivity contribution is 0.125. The van der Waals surface area contributed by atoms with Gasteiger partial charge in [0.15, 0.2) is 5.96 Å². The molecule has 1 aromatic carbocycles. The minimum Gasteiger partial charge on any atom is -0.375 e. The van der Waals surface area contributed by atoms with Crippen molar-refractivity contribution in [3.63, 3.8) is 0 Å². The zero-order valence-electron chi connectivity index (χ0n) is 15.4. The average molecular weight is 371 g/mol. The van der Waals surface area contributed by atoms with Crippen molar-refractivity contribution in [1.29, 1.82) is 0 Å². The molecule has 142 valence electrons. The van der Waals surface area contributed by atoms with Crippen LogP contribution in [0, 0.1) is 0 Å².